The Kier molecular flexibility index (Phi) is 6.81. The minimum absolute atomic E-state index is 0.00810. The van der Waals surface area contributed by atoms with Gasteiger partial charge in [-0.15, -0.1) is 0 Å². The van der Waals surface area contributed by atoms with Crippen molar-refractivity contribution in [2.45, 2.75) is 59.9 Å². The molecule has 1 aliphatic rings. The summed E-state index contributed by atoms with van der Waals surface area (Å²) in [5.74, 6) is -0.378. The Balaban J connectivity index is 2.34. The second-order valence-corrected chi connectivity index (χ2v) is 7.33. The molecule has 0 spiro atoms. The van der Waals surface area contributed by atoms with Crippen LogP contribution >= 0.6 is 0 Å². The molecule has 1 N–H and O–H groups in total. The second kappa shape index (κ2) is 8.67. The van der Waals surface area contributed by atoms with Crippen LogP contribution in [0.2, 0.25) is 0 Å². The number of nitrogens with one attached hydrogen (secondary N) is 1. The van der Waals surface area contributed by atoms with Gasteiger partial charge in [0.2, 0.25) is 0 Å². The molecule has 1 saturated heterocycles. The van der Waals surface area contributed by atoms with E-state index in [4.69, 9.17) is 4.74 Å². The van der Waals surface area contributed by atoms with E-state index in [1.165, 1.54) is 12.8 Å². The summed E-state index contributed by atoms with van der Waals surface area (Å²) in [6.45, 7) is 13.3. The first-order chi connectivity index (χ1) is 12.4. The van der Waals surface area contributed by atoms with Gasteiger partial charge in [0.05, 0.1) is 37.5 Å². The van der Waals surface area contributed by atoms with E-state index < -0.39 is 0 Å². The van der Waals surface area contributed by atoms with Crippen LogP contribution in [0, 0.1) is 13.8 Å². The lowest BCUT2D eigenvalue weighted by Crippen LogP contribution is -2.57. The van der Waals surface area contributed by atoms with Gasteiger partial charge in [-0.05, 0) is 44.9 Å². The van der Waals surface area contributed by atoms with Gasteiger partial charge in [-0.25, -0.2) is 4.79 Å². The zero-order valence-corrected chi connectivity index (χ0v) is 16.9. The van der Waals surface area contributed by atoms with E-state index in [0.29, 0.717) is 17.9 Å². The molecular formula is C21H33N2O3+. The van der Waals surface area contributed by atoms with Gasteiger partial charge in [-0.2, -0.15) is 0 Å². The first kappa shape index (κ1) is 20.4. The standard InChI is InChI=1S/C21H32N2O3/c1-6-18(23(7-2)11-9-10-12-23)20(24)22-19-16(5)13-15(4)14-17(19)21(25)26-8-3/h13-14,18H,6-12H2,1-5H3/p+1. The maximum Gasteiger partial charge on any atom is 0.340 e. The third kappa shape index (κ3) is 4.09. The van der Waals surface area contributed by atoms with Gasteiger partial charge >= 0.3 is 5.97 Å². The predicted molar refractivity (Wildman–Crippen MR) is 104 cm³/mol. The van der Waals surface area contributed by atoms with Gasteiger partial charge < -0.3 is 14.5 Å². The number of hydrogen-bond acceptors (Lipinski definition) is 3. The summed E-state index contributed by atoms with van der Waals surface area (Å²) in [5.41, 5.74) is 2.90. The van der Waals surface area contributed by atoms with Crippen molar-refractivity contribution < 1.29 is 18.8 Å². The van der Waals surface area contributed by atoms with Crippen molar-refractivity contribution in [3.63, 3.8) is 0 Å². The van der Waals surface area contributed by atoms with Crippen molar-refractivity contribution in [1.29, 1.82) is 0 Å². The molecule has 0 aliphatic carbocycles. The van der Waals surface area contributed by atoms with Crippen molar-refractivity contribution in [1.82, 2.24) is 0 Å². The Morgan fingerprint density at radius 3 is 2.35 bits per heavy atom. The molecule has 1 amide bonds. The second-order valence-electron chi connectivity index (χ2n) is 7.33. The summed E-state index contributed by atoms with van der Waals surface area (Å²) in [5, 5.41) is 3.08. The molecule has 1 aliphatic heterocycles. The Bertz CT molecular complexity index is 663. The maximum absolute atomic E-state index is 13.2. The molecule has 1 atom stereocenters. The van der Waals surface area contributed by atoms with Crippen LogP contribution in [0.1, 0.15) is 61.5 Å². The molecular weight excluding hydrogens is 328 g/mol. The fourth-order valence-electron chi connectivity index (χ4n) is 4.34. The fraction of sp³-hybridized carbons (Fsp3) is 0.619. The highest BCUT2D eigenvalue weighted by molar-refractivity contribution is 6.03. The first-order valence-electron chi connectivity index (χ1n) is 9.83. The van der Waals surface area contributed by atoms with Crippen LogP contribution in [-0.4, -0.2) is 48.6 Å². The fourth-order valence-corrected chi connectivity index (χ4v) is 4.34. The Hall–Kier alpha value is -1.88. The van der Waals surface area contributed by atoms with E-state index in [2.05, 4.69) is 19.2 Å². The average Bonchev–Trinajstić information content (AvgIpc) is 3.07. The van der Waals surface area contributed by atoms with Crippen LogP contribution < -0.4 is 5.32 Å². The van der Waals surface area contributed by atoms with E-state index >= 15 is 0 Å². The van der Waals surface area contributed by atoms with Crippen LogP contribution in [0.4, 0.5) is 5.69 Å². The van der Waals surface area contributed by atoms with Crippen molar-refractivity contribution in [3.8, 4) is 0 Å². The highest BCUT2D eigenvalue weighted by atomic mass is 16.5. The monoisotopic (exact) mass is 361 g/mol. The number of hydrogen-bond donors (Lipinski definition) is 1. The number of amides is 1. The van der Waals surface area contributed by atoms with E-state index in [-0.39, 0.29) is 17.9 Å². The minimum Gasteiger partial charge on any atom is -0.462 e. The molecule has 2 rings (SSSR count). The minimum atomic E-state index is -0.386. The number of aryl methyl sites for hydroxylation is 2. The summed E-state index contributed by atoms with van der Waals surface area (Å²) in [7, 11) is 0. The van der Waals surface area contributed by atoms with Crippen LogP contribution in [0.25, 0.3) is 0 Å². The Morgan fingerprint density at radius 2 is 1.81 bits per heavy atom. The highest BCUT2D eigenvalue weighted by Gasteiger charge is 2.42. The quantitative estimate of drug-likeness (QED) is 0.593. The molecule has 144 valence electrons. The number of likely N-dealkylation sites (tertiary alicyclic amines) is 1. The van der Waals surface area contributed by atoms with E-state index in [1.807, 2.05) is 19.9 Å². The molecule has 1 fully saturated rings. The van der Waals surface area contributed by atoms with Crippen molar-refractivity contribution in [2.75, 3.05) is 31.6 Å². The average molecular weight is 362 g/mol. The number of ether oxygens (including phenoxy) is 1. The molecule has 1 aromatic carbocycles. The van der Waals surface area contributed by atoms with Crippen LogP contribution in [0.3, 0.4) is 0 Å². The van der Waals surface area contributed by atoms with E-state index in [0.717, 1.165) is 41.7 Å². The number of carbonyl (C=O) groups excluding carboxylic acids is 2. The molecule has 0 radical (unpaired) electrons. The van der Waals surface area contributed by atoms with E-state index in [9.17, 15) is 9.59 Å². The van der Waals surface area contributed by atoms with Gasteiger partial charge in [-0.3, -0.25) is 4.79 Å². The van der Waals surface area contributed by atoms with Gasteiger partial charge in [0, 0.05) is 19.3 Å². The number of likely N-dealkylation sites (N-methyl/N-ethyl adjacent to an activating group) is 1. The molecule has 1 aromatic rings. The van der Waals surface area contributed by atoms with Crippen molar-refractivity contribution in [3.05, 3.63) is 28.8 Å². The molecule has 26 heavy (non-hydrogen) atoms. The van der Waals surface area contributed by atoms with Crippen LogP contribution in [-0.2, 0) is 9.53 Å². The highest BCUT2D eigenvalue weighted by Crippen LogP contribution is 2.28. The third-order valence-electron chi connectivity index (χ3n) is 5.66. The zero-order valence-electron chi connectivity index (χ0n) is 16.9. The van der Waals surface area contributed by atoms with Crippen LogP contribution in [0.15, 0.2) is 12.1 Å². The molecule has 0 aromatic heterocycles. The Morgan fingerprint density at radius 1 is 1.15 bits per heavy atom. The summed E-state index contributed by atoms with van der Waals surface area (Å²) >= 11 is 0. The molecule has 1 unspecified atom stereocenters. The molecule has 5 nitrogen and oxygen atoms in total. The largest absolute Gasteiger partial charge is 0.462 e. The number of esters is 1. The number of carbonyl (C=O) groups is 2. The molecule has 0 saturated carbocycles. The van der Waals surface area contributed by atoms with Gasteiger partial charge in [0.15, 0.2) is 6.04 Å². The van der Waals surface area contributed by atoms with Gasteiger partial charge in [-0.1, -0.05) is 13.0 Å². The SMILES string of the molecule is CCOC(=O)c1cc(C)cc(C)c1NC(=O)C(CC)[N+]1(CC)CCCC1. The zero-order chi connectivity index (χ0) is 19.3. The van der Waals surface area contributed by atoms with Crippen molar-refractivity contribution in [2.24, 2.45) is 0 Å². The summed E-state index contributed by atoms with van der Waals surface area (Å²) in [6.07, 6.45) is 3.14. The molecule has 0 bridgehead atoms. The number of nitrogens with zero attached hydrogens (tertiary/aromatic N) is 1. The third-order valence-corrected chi connectivity index (χ3v) is 5.66. The summed E-state index contributed by atoms with van der Waals surface area (Å²) in [6, 6.07) is 3.69. The summed E-state index contributed by atoms with van der Waals surface area (Å²) in [4.78, 5) is 25.6. The number of anilines is 1. The number of benzene rings is 1. The smallest absolute Gasteiger partial charge is 0.340 e. The van der Waals surface area contributed by atoms with Gasteiger partial charge in [0.25, 0.3) is 5.91 Å². The summed E-state index contributed by atoms with van der Waals surface area (Å²) < 4.78 is 6.04. The Labute approximate surface area is 157 Å². The van der Waals surface area contributed by atoms with E-state index in [1.54, 1.807) is 13.0 Å². The van der Waals surface area contributed by atoms with Crippen LogP contribution in [0.5, 0.6) is 0 Å². The first-order valence-corrected chi connectivity index (χ1v) is 9.83. The lowest BCUT2D eigenvalue weighted by Gasteiger charge is -2.39. The normalized spacial score (nSPS) is 17.0. The van der Waals surface area contributed by atoms with Gasteiger partial charge in [0.1, 0.15) is 0 Å². The predicted octanol–water partition coefficient (Wildman–Crippen LogP) is 3.83. The topological polar surface area (TPSA) is 55.4 Å². The lowest BCUT2D eigenvalue weighted by atomic mass is 10.0. The molecule has 5 heteroatoms. The lowest BCUT2D eigenvalue weighted by molar-refractivity contribution is -0.930. The maximum atomic E-state index is 13.2. The molecule has 1 heterocycles. The number of rotatable bonds is 7. The van der Waals surface area contributed by atoms with Crippen molar-refractivity contribution >= 4 is 17.6 Å². The number of quaternary nitrogens is 1.